The predicted octanol–water partition coefficient (Wildman–Crippen LogP) is 2.08. The summed E-state index contributed by atoms with van der Waals surface area (Å²) in [4.78, 5) is -0.0308. The van der Waals surface area contributed by atoms with Crippen molar-refractivity contribution in [2.45, 2.75) is 11.4 Å². The molecule has 0 atom stereocenters. The normalized spacial score (nSPS) is 12.6. The molecule has 2 aromatic rings. The van der Waals surface area contributed by atoms with Gasteiger partial charge in [0.05, 0.1) is 4.90 Å². The smallest absolute Gasteiger partial charge is 0.225 e. The van der Waals surface area contributed by atoms with Crippen LogP contribution in [0, 0.1) is 0 Å². The quantitative estimate of drug-likeness (QED) is 0.792. The maximum absolute atomic E-state index is 11.9. The predicted molar refractivity (Wildman–Crippen MR) is 94.1 cm³/mol. The lowest BCUT2D eigenvalue weighted by molar-refractivity contribution is 0.590. The molecule has 24 heavy (non-hydrogen) atoms. The lowest BCUT2D eigenvalue weighted by Gasteiger charge is -2.04. The Kier molecular flexibility index (Phi) is 5.79. The summed E-state index contributed by atoms with van der Waals surface area (Å²) in [6.45, 7) is 0.0260. The Morgan fingerprint density at radius 3 is 2.08 bits per heavy atom. The third-order valence-corrected chi connectivity index (χ3v) is 5.26. The largest absolute Gasteiger partial charge is 0.238 e. The van der Waals surface area contributed by atoms with E-state index >= 15 is 0 Å². The molecular formula is C15H15ClN2O4S2. The van der Waals surface area contributed by atoms with Gasteiger partial charge in [-0.3, -0.25) is 0 Å². The van der Waals surface area contributed by atoms with Gasteiger partial charge in [0.1, 0.15) is 0 Å². The second-order valence-electron chi connectivity index (χ2n) is 4.91. The first kappa shape index (κ1) is 18.6. The lowest BCUT2D eigenvalue weighted by atomic mass is 10.2. The molecule has 6 nitrogen and oxygen atoms in total. The Bertz CT molecular complexity index is 936. The molecule has 0 bridgehead atoms. The fourth-order valence-corrected chi connectivity index (χ4v) is 3.21. The van der Waals surface area contributed by atoms with Crippen molar-refractivity contribution in [2.24, 2.45) is 5.14 Å². The summed E-state index contributed by atoms with van der Waals surface area (Å²) in [5.41, 5.74) is 1.30. The van der Waals surface area contributed by atoms with Crippen molar-refractivity contribution >= 4 is 37.7 Å². The number of primary sulfonamides is 1. The lowest BCUT2D eigenvalue weighted by Crippen LogP contribution is -2.20. The van der Waals surface area contributed by atoms with Gasteiger partial charge in [0.2, 0.25) is 20.0 Å². The third kappa shape index (κ3) is 5.73. The van der Waals surface area contributed by atoms with Crippen molar-refractivity contribution in [3.8, 4) is 0 Å². The molecule has 0 fully saturated rings. The Morgan fingerprint density at radius 1 is 0.958 bits per heavy atom. The number of hydrogen-bond donors (Lipinski definition) is 2. The molecule has 0 saturated heterocycles. The van der Waals surface area contributed by atoms with E-state index in [9.17, 15) is 16.8 Å². The van der Waals surface area contributed by atoms with Crippen LogP contribution in [0.4, 0.5) is 0 Å². The van der Waals surface area contributed by atoms with Crippen LogP contribution in [0.5, 0.6) is 0 Å². The summed E-state index contributed by atoms with van der Waals surface area (Å²) in [6, 6.07) is 12.3. The highest BCUT2D eigenvalue weighted by Gasteiger charge is 2.08. The Hall–Kier alpha value is -1.71. The Morgan fingerprint density at radius 2 is 1.54 bits per heavy atom. The minimum atomic E-state index is -3.76. The average Bonchev–Trinajstić information content (AvgIpc) is 2.52. The van der Waals surface area contributed by atoms with Gasteiger partial charge in [-0.25, -0.2) is 26.7 Å². The van der Waals surface area contributed by atoms with Crippen molar-refractivity contribution in [3.63, 3.8) is 0 Å². The summed E-state index contributed by atoms with van der Waals surface area (Å²) < 4.78 is 48.6. The van der Waals surface area contributed by atoms with Crippen LogP contribution in [0.1, 0.15) is 11.1 Å². The summed E-state index contributed by atoms with van der Waals surface area (Å²) in [6.07, 6.45) is 1.45. The molecule has 3 N–H and O–H groups in total. The summed E-state index contributed by atoms with van der Waals surface area (Å²) in [5, 5.41) is 6.61. The highest BCUT2D eigenvalue weighted by molar-refractivity contribution is 7.92. The molecule has 2 aromatic carbocycles. The zero-order chi connectivity index (χ0) is 17.8. The number of hydrogen-bond acceptors (Lipinski definition) is 4. The minimum Gasteiger partial charge on any atom is -0.225 e. The van der Waals surface area contributed by atoms with E-state index in [-0.39, 0.29) is 11.4 Å². The number of benzene rings is 2. The van der Waals surface area contributed by atoms with Crippen molar-refractivity contribution in [1.82, 2.24) is 4.72 Å². The van der Waals surface area contributed by atoms with E-state index in [1.807, 2.05) is 0 Å². The molecule has 0 saturated carbocycles. The fraction of sp³-hybridized carbons (Fsp3) is 0.0667. The van der Waals surface area contributed by atoms with E-state index < -0.39 is 20.0 Å². The molecule has 0 aliphatic rings. The Balaban J connectivity index is 2.01. The van der Waals surface area contributed by atoms with Gasteiger partial charge in [-0.15, -0.1) is 0 Å². The van der Waals surface area contributed by atoms with Crippen LogP contribution < -0.4 is 9.86 Å². The molecule has 0 amide bonds. The van der Waals surface area contributed by atoms with Gasteiger partial charge in [-0.1, -0.05) is 35.9 Å². The molecule has 9 heteroatoms. The number of sulfonamides is 2. The van der Waals surface area contributed by atoms with Crippen molar-refractivity contribution in [2.75, 3.05) is 0 Å². The maximum Gasteiger partial charge on any atom is 0.238 e. The molecule has 0 heterocycles. The second-order valence-corrected chi connectivity index (χ2v) is 8.56. The van der Waals surface area contributed by atoms with Crippen molar-refractivity contribution < 1.29 is 16.8 Å². The van der Waals surface area contributed by atoms with E-state index in [1.54, 1.807) is 24.3 Å². The minimum absolute atomic E-state index is 0.0260. The number of rotatable bonds is 6. The van der Waals surface area contributed by atoms with E-state index in [4.69, 9.17) is 16.7 Å². The fourth-order valence-electron chi connectivity index (χ4n) is 1.77. The van der Waals surface area contributed by atoms with Gasteiger partial charge >= 0.3 is 0 Å². The number of halogens is 1. The summed E-state index contributed by atoms with van der Waals surface area (Å²) in [5.74, 6) is 0. The first-order valence-electron chi connectivity index (χ1n) is 6.71. The van der Waals surface area contributed by atoms with E-state index in [1.165, 1.54) is 30.3 Å². The standard InChI is InChI=1S/C15H15ClN2O4S2/c16-14-5-1-12(2-6-14)9-10-23(19,20)18-11-13-3-7-15(8-4-13)24(17,21)22/h1-10,18H,11H2,(H2,17,21,22). The molecule has 0 aromatic heterocycles. The van der Waals surface area contributed by atoms with Gasteiger partial charge in [0.15, 0.2) is 0 Å². The first-order chi connectivity index (χ1) is 11.2. The van der Waals surface area contributed by atoms with Crippen LogP contribution in [0.3, 0.4) is 0 Å². The molecular weight excluding hydrogens is 372 g/mol. The summed E-state index contributed by atoms with van der Waals surface area (Å²) in [7, 11) is -7.40. The van der Waals surface area contributed by atoms with Gasteiger partial charge < -0.3 is 0 Å². The van der Waals surface area contributed by atoms with Crippen LogP contribution >= 0.6 is 11.6 Å². The number of nitrogens with one attached hydrogen (secondary N) is 1. The van der Waals surface area contributed by atoms with Gasteiger partial charge in [0, 0.05) is 17.0 Å². The second kappa shape index (κ2) is 7.45. The molecule has 0 unspecified atom stereocenters. The van der Waals surface area contributed by atoms with Crippen molar-refractivity contribution in [3.05, 3.63) is 70.1 Å². The monoisotopic (exact) mass is 386 g/mol. The van der Waals surface area contributed by atoms with E-state index in [0.717, 1.165) is 5.41 Å². The third-order valence-electron chi connectivity index (χ3n) is 3.04. The van der Waals surface area contributed by atoms with Gasteiger partial charge in [-0.2, -0.15) is 0 Å². The molecule has 2 rings (SSSR count). The average molecular weight is 387 g/mol. The van der Waals surface area contributed by atoms with Crippen molar-refractivity contribution in [1.29, 1.82) is 0 Å². The zero-order valence-corrected chi connectivity index (χ0v) is 14.8. The van der Waals surface area contributed by atoms with E-state index in [0.29, 0.717) is 16.1 Å². The van der Waals surface area contributed by atoms with Gasteiger partial charge in [0.25, 0.3) is 0 Å². The van der Waals surface area contributed by atoms with Crippen LogP contribution in [-0.4, -0.2) is 16.8 Å². The highest BCUT2D eigenvalue weighted by atomic mass is 35.5. The van der Waals surface area contributed by atoms with Crippen LogP contribution in [0.15, 0.2) is 58.8 Å². The Labute approximate surface area is 146 Å². The molecule has 0 radical (unpaired) electrons. The highest BCUT2D eigenvalue weighted by Crippen LogP contribution is 2.12. The summed E-state index contributed by atoms with van der Waals surface area (Å²) >= 11 is 5.76. The first-order valence-corrected chi connectivity index (χ1v) is 10.2. The molecule has 0 aliphatic carbocycles. The molecule has 0 aliphatic heterocycles. The van der Waals surface area contributed by atoms with Crippen LogP contribution in [0.2, 0.25) is 5.02 Å². The molecule has 128 valence electrons. The van der Waals surface area contributed by atoms with Crippen LogP contribution in [0.25, 0.3) is 6.08 Å². The zero-order valence-electron chi connectivity index (χ0n) is 12.4. The molecule has 0 spiro atoms. The van der Waals surface area contributed by atoms with Crippen LogP contribution in [-0.2, 0) is 26.6 Å². The SMILES string of the molecule is NS(=O)(=O)c1ccc(CNS(=O)(=O)C=Cc2ccc(Cl)cc2)cc1. The number of nitrogens with two attached hydrogens (primary N) is 1. The van der Waals surface area contributed by atoms with Gasteiger partial charge in [-0.05, 0) is 41.5 Å². The topological polar surface area (TPSA) is 106 Å². The van der Waals surface area contributed by atoms with E-state index in [2.05, 4.69) is 4.72 Å². The maximum atomic E-state index is 11.9.